The van der Waals surface area contributed by atoms with Gasteiger partial charge in [-0.05, 0) is 26.2 Å². The first kappa shape index (κ1) is 11.4. The topological polar surface area (TPSA) is 53.4 Å². The average Bonchev–Trinajstić information content (AvgIpc) is 2.83. The highest BCUT2D eigenvalue weighted by molar-refractivity contribution is 7.13. The van der Waals surface area contributed by atoms with E-state index in [4.69, 9.17) is 5.11 Å². The van der Waals surface area contributed by atoms with E-state index in [1.807, 2.05) is 0 Å². The van der Waals surface area contributed by atoms with E-state index in [2.05, 4.69) is 23.7 Å². The maximum Gasteiger partial charge on any atom is 0.355 e. The monoisotopic (exact) mass is 240 g/mol. The number of carboxylic acid groups (broad SMARTS) is 1. The smallest absolute Gasteiger partial charge is 0.355 e. The highest BCUT2D eigenvalue weighted by Crippen LogP contribution is 2.33. The summed E-state index contributed by atoms with van der Waals surface area (Å²) in [6, 6.07) is 0.987. The molecule has 1 aliphatic heterocycles. The zero-order valence-electron chi connectivity index (χ0n) is 9.51. The van der Waals surface area contributed by atoms with Gasteiger partial charge in [0, 0.05) is 17.5 Å². The summed E-state index contributed by atoms with van der Waals surface area (Å²) in [4.78, 5) is 17.2. The van der Waals surface area contributed by atoms with Gasteiger partial charge in [-0.2, -0.15) is 0 Å². The molecular formula is C11H16N2O2S. The Hall–Kier alpha value is -1.10. The molecule has 0 saturated carbocycles. The lowest BCUT2D eigenvalue weighted by molar-refractivity contribution is 0.0691. The van der Waals surface area contributed by atoms with Crippen LogP contribution in [0.15, 0.2) is 5.38 Å². The van der Waals surface area contributed by atoms with E-state index in [1.165, 1.54) is 24.2 Å². The van der Waals surface area contributed by atoms with Crippen LogP contribution in [0.5, 0.6) is 0 Å². The molecule has 5 heteroatoms. The molecule has 2 unspecified atom stereocenters. The Morgan fingerprint density at radius 2 is 2.44 bits per heavy atom. The Labute approximate surface area is 98.9 Å². The quantitative estimate of drug-likeness (QED) is 0.882. The maximum atomic E-state index is 10.8. The molecule has 0 bridgehead atoms. The molecule has 0 amide bonds. The van der Waals surface area contributed by atoms with E-state index in [9.17, 15) is 4.79 Å². The van der Waals surface area contributed by atoms with Crippen LogP contribution in [-0.4, -0.2) is 28.1 Å². The molecule has 1 saturated heterocycles. The molecule has 0 spiro atoms. The lowest BCUT2D eigenvalue weighted by atomic mass is 10.2. The summed E-state index contributed by atoms with van der Waals surface area (Å²) in [7, 11) is 0. The fraction of sp³-hybridized carbons (Fsp3) is 0.636. The van der Waals surface area contributed by atoms with Crippen molar-refractivity contribution in [1.29, 1.82) is 0 Å². The van der Waals surface area contributed by atoms with E-state index in [1.54, 1.807) is 5.38 Å². The highest BCUT2D eigenvalue weighted by Gasteiger charge is 2.31. The molecule has 4 nitrogen and oxygen atoms in total. The zero-order chi connectivity index (χ0) is 11.7. The van der Waals surface area contributed by atoms with E-state index in [0.29, 0.717) is 12.1 Å². The van der Waals surface area contributed by atoms with Gasteiger partial charge >= 0.3 is 5.97 Å². The molecule has 1 N–H and O–H groups in total. The largest absolute Gasteiger partial charge is 0.476 e. The number of rotatable bonds is 3. The second-order valence-corrected chi connectivity index (χ2v) is 5.05. The summed E-state index contributed by atoms with van der Waals surface area (Å²) in [5, 5.41) is 11.3. The van der Waals surface area contributed by atoms with E-state index >= 15 is 0 Å². The van der Waals surface area contributed by atoms with Crippen LogP contribution >= 0.6 is 11.3 Å². The molecule has 88 valence electrons. The number of carboxylic acids is 1. The van der Waals surface area contributed by atoms with Crippen LogP contribution in [0.3, 0.4) is 0 Å². The van der Waals surface area contributed by atoms with Crippen LogP contribution in [0, 0.1) is 0 Å². The maximum absolute atomic E-state index is 10.8. The van der Waals surface area contributed by atoms with Crippen molar-refractivity contribution in [2.24, 2.45) is 0 Å². The minimum atomic E-state index is -0.942. The molecule has 2 rings (SSSR count). The van der Waals surface area contributed by atoms with E-state index in [-0.39, 0.29) is 5.69 Å². The van der Waals surface area contributed by atoms with Crippen molar-refractivity contribution in [3.05, 3.63) is 11.1 Å². The highest BCUT2D eigenvalue weighted by atomic mass is 32.1. The predicted octanol–water partition coefficient (Wildman–Crippen LogP) is 2.61. The number of aromatic nitrogens is 1. The number of hydrogen-bond acceptors (Lipinski definition) is 4. The van der Waals surface area contributed by atoms with Crippen molar-refractivity contribution in [3.8, 4) is 0 Å². The van der Waals surface area contributed by atoms with Crippen LogP contribution in [0.1, 0.15) is 43.6 Å². The molecule has 2 atom stereocenters. The summed E-state index contributed by atoms with van der Waals surface area (Å²) < 4.78 is 0. The molecule has 0 aliphatic carbocycles. The molecule has 0 radical (unpaired) electrons. The van der Waals surface area contributed by atoms with Crippen molar-refractivity contribution >= 4 is 22.4 Å². The van der Waals surface area contributed by atoms with Crippen LogP contribution in [-0.2, 0) is 0 Å². The predicted molar refractivity (Wildman–Crippen MR) is 64.3 cm³/mol. The van der Waals surface area contributed by atoms with E-state index in [0.717, 1.165) is 11.6 Å². The van der Waals surface area contributed by atoms with Gasteiger partial charge in [-0.15, -0.1) is 11.3 Å². The fourth-order valence-electron chi connectivity index (χ4n) is 2.30. The molecule has 0 aromatic carbocycles. The van der Waals surface area contributed by atoms with Gasteiger partial charge in [0.15, 0.2) is 10.8 Å². The second-order valence-electron chi connectivity index (χ2n) is 4.22. The molecule has 1 aromatic heterocycles. The first-order valence-corrected chi connectivity index (χ1v) is 6.48. The van der Waals surface area contributed by atoms with Gasteiger partial charge in [-0.1, -0.05) is 6.92 Å². The molecule has 2 heterocycles. The first-order chi connectivity index (χ1) is 7.63. The Kier molecular flexibility index (Phi) is 3.14. The van der Waals surface area contributed by atoms with Crippen molar-refractivity contribution in [2.75, 3.05) is 4.90 Å². The summed E-state index contributed by atoms with van der Waals surface area (Å²) in [5.74, 6) is -0.942. The number of anilines is 1. The zero-order valence-corrected chi connectivity index (χ0v) is 10.3. The summed E-state index contributed by atoms with van der Waals surface area (Å²) in [6.45, 7) is 4.35. The SMILES string of the molecule is CCC1CCC(C)N1c1nc(C(=O)O)cs1. The van der Waals surface area contributed by atoms with Gasteiger partial charge in [0.05, 0.1) is 0 Å². The number of nitrogens with zero attached hydrogens (tertiary/aromatic N) is 2. The first-order valence-electron chi connectivity index (χ1n) is 5.60. The van der Waals surface area contributed by atoms with Crippen LogP contribution in [0.4, 0.5) is 5.13 Å². The van der Waals surface area contributed by atoms with Crippen LogP contribution in [0.25, 0.3) is 0 Å². The lowest BCUT2D eigenvalue weighted by Crippen LogP contribution is -2.34. The molecule has 1 aromatic rings. The van der Waals surface area contributed by atoms with Crippen LogP contribution < -0.4 is 4.90 Å². The molecule has 16 heavy (non-hydrogen) atoms. The lowest BCUT2D eigenvalue weighted by Gasteiger charge is -2.27. The summed E-state index contributed by atoms with van der Waals surface area (Å²) in [6.07, 6.45) is 3.44. The Morgan fingerprint density at radius 3 is 3.00 bits per heavy atom. The van der Waals surface area contributed by atoms with Crippen molar-refractivity contribution < 1.29 is 9.90 Å². The summed E-state index contributed by atoms with van der Waals surface area (Å²) in [5.41, 5.74) is 0.161. The Balaban J connectivity index is 2.24. The van der Waals surface area contributed by atoms with Crippen LogP contribution in [0.2, 0.25) is 0 Å². The van der Waals surface area contributed by atoms with Gasteiger partial charge < -0.3 is 10.0 Å². The number of thiazole rings is 1. The molecular weight excluding hydrogens is 224 g/mol. The normalized spacial score (nSPS) is 25.0. The van der Waals surface area contributed by atoms with Crippen molar-refractivity contribution in [1.82, 2.24) is 4.98 Å². The van der Waals surface area contributed by atoms with Gasteiger partial charge in [0.1, 0.15) is 0 Å². The molecule has 1 aliphatic rings. The van der Waals surface area contributed by atoms with Gasteiger partial charge in [-0.3, -0.25) is 0 Å². The third kappa shape index (κ3) is 1.91. The van der Waals surface area contributed by atoms with E-state index < -0.39 is 5.97 Å². The minimum absolute atomic E-state index is 0.161. The van der Waals surface area contributed by atoms with Crippen molar-refractivity contribution in [2.45, 2.75) is 45.2 Å². The van der Waals surface area contributed by atoms with Crippen molar-refractivity contribution in [3.63, 3.8) is 0 Å². The second kappa shape index (κ2) is 4.41. The van der Waals surface area contributed by atoms with Gasteiger partial charge in [0.2, 0.25) is 0 Å². The number of hydrogen-bond donors (Lipinski definition) is 1. The number of aromatic carboxylic acids is 1. The average molecular weight is 240 g/mol. The fourth-order valence-corrected chi connectivity index (χ4v) is 3.27. The van der Waals surface area contributed by atoms with Gasteiger partial charge in [0.25, 0.3) is 0 Å². The standard InChI is InChI=1S/C11H16N2O2S/c1-3-8-5-4-7(2)13(8)11-12-9(6-16-11)10(14)15/h6-8H,3-5H2,1-2H3,(H,14,15). The Bertz CT molecular complexity index is 391. The number of carbonyl (C=O) groups is 1. The third-order valence-electron chi connectivity index (χ3n) is 3.19. The third-order valence-corrected chi connectivity index (χ3v) is 4.04. The minimum Gasteiger partial charge on any atom is -0.476 e. The summed E-state index contributed by atoms with van der Waals surface area (Å²) >= 11 is 1.43. The van der Waals surface area contributed by atoms with Gasteiger partial charge in [-0.25, -0.2) is 9.78 Å². The Morgan fingerprint density at radius 1 is 1.69 bits per heavy atom. The molecule has 1 fully saturated rings.